The van der Waals surface area contributed by atoms with Crippen LogP contribution in [-0.2, 0) is 9.53 Å². The Morgan fingerprint density at radius 2 is 1.82 bits per heavy atom. The van der Waals surface area contributed by atoms with Gasteiger partial charge in [0, 0.05) is 6.42 Å². The molecule has 3 nitrogen and oxygen atoms in total. The Hall–Kier alpha value is -0.570. The van der Waals surface area contributed by atoms with Crippen LogP contribution in [0.5, 0.6) is 0 Å². The number of esters is 1. The fourth-order valence-electron chi connectivity index (χ4n) is 8.46. The van der Waals surface area contributed by atoms with Gasteiger partial charge in [0.1, 0.15) is 0 Å². The lowest BCUT2D eigenvalue weighted by molar-refractivity contribution is -0.140. The fourth-order valence-corrected chi connectivity index (χ4v) is 8.46. The summed E-state index contributed by atoms with van der Waals surface area (Å²) in [5, 5.41) is 10.8. The monoisotopic (exact) mass is 390 g/mol. The van der Waals surface area contributed by atoms with E-state index >= 15 is 0 Å². The van der Waals surface area contributed by atoms with Crippen LogP contribution in [0.25, 0.3) is 0 Å². The molecule has 4 saturated carbocycles. The van der Waals surface area contributed by atoms with E-state index in [2.05, 4.69) is 13.8 Å². The van der Waals surface area contributed by atoms with Gasteiger partial charge in [0.15, 0.2) is 0 Å². The van der Waals surface area contributed by atoms with Crippen molar-refractivity contribution in [2.24, 2.45) is 40.9 Å². The first kappa shape index (κ1) is 20.7. The second-order valence-corrected chi connectivity index (χ2v) is 11.0. The van der Waals surface area contributed by atoms with E-state index in [4.69, 9.17) is 4.74 Å². The van der Waals surface area contributed by atoms with Crippen molar-refractivity contribution in [1.82, 2.24) is 0 Å². The number of hydrogen-bond donors (Lipinski definition) is 1. The van der Waals surface area contributed by atoms with E-state index < -0.39 is 0 Å². The minimum Gasteiger partial charge on any atom is -0.469 e. The topological polar surface area (TPSA) is 46.5 Å². The van der Waals surface area contributed by atoms with Crippen LogP contribution in [-0.4, -0.2) is 23.8 Å². The number of methoxy groups -OCH3 is 1. The molecule has 0 aromatic carbocycles. The molecule has 0 bridgehead atoms. The van der Waals surface area contributed by atoms with Crippen molar-refractivity contribution in [2.75, 3.05) is 7.11 Å². The Morgan fingerprint density at radius 3 is 2.57 bits per heavy atom. The summed E-state index contributed by atoms with van der Waals surface area (Å²) in [5.41, 5.74) is 0.137. The van der Waals surface area contributed by atoms with E-state index in [1.165, 1.54) is 58.5 Å². The molecule has 4 fully saturated rings. The normalized spacial score (nSPS) is 47.7. The number of aliphatic hydroxyl groups is 1. The van der Waals surface area contributed by atoms with Gasteiger partial charge in [0.2, 0.25) is 0 Å². The molecular formula is C25H42O3. The lowest BCUT2D eigenvalue weighted by Gasteiger charge is -2.57. The number of carbonyl (C=O) groups is 1. The number of ether oxygens (including phenoxy) is 1. The summed E-state index contributed by atoms with van der Waals surface area (Å²) in [6.07, 6.45) is 15.4. The van der Waals surface area contributed by atoms with Gasteiger partial charge in [-0.15, -0.1) is 0 Å². The van der Waals surface area contributed by atoms with Crippen LogP contribution in [0.15, 0.2) is 0 Å². The van der Waals surface area contributed by atoms with E-state index in [-0.39, 0.29) is 11.6 Å². The minimum absolute atomic E-state index is 0.0499. The Morgan fingerprint density at radius 1 is 1.04 bits per heavy atom. The van der Waals surface area contributed by atoms with Gasteiger partial charge in [0.25, 0.3) is 0 Å². The Kier molecular flexibility index (Phi) is 5.86. The number of hydrogen-bond acceptors (Lipinski definition) is 3. The van der Waals surface area contributed by atoms with E-state index in [0.29, 0.717) is 11.8 Å². The first-order valence-electron chi connectivity index (χ1n) is 12.2. The zero-order valence-electron chi connectivity index (χ0n) is 18.4. The van der Waals surface area contributed by atoms with Crippen molar-refractivity contribution in [3.63, 3.8) is 0 Å². The highest BCUT2D eigenvalue weighted by atomic mass is 16.5. The van der Waals surface area contributed by atoms with Gasteiger partial charge < -0.3 is 9.84 Å². The van der Waals surface area contributed by atoms with Crippen LogP contribution >= 0.6 is 0 Å². The third-order valence-electron chi connectivity index (χ3n) is 10.1. The van der Waals surface area contributed by atoms with Crippen LogP contribution < -0.4 is 0 Å². The standard InChI is InChI=1S/C25H42O3/c1-4-25(27)15-13-19-17(16-25)8-10-21-20(19)12-14-24(2)18(9-11-22(21)24)6-5-7-23(26)28-3/h17-22,27H,4-16H2,1-3H3/t17?,18?,19?,20?,21?,22?,24?,25-/m0/s1. The van der Waals surface area contributed by atoms with Crippen molar-refractivity contribution in [3.8, 4) is 0 Å². The molecule has 0 amide bonds. The maximum absolute atomic E-state index is 11.5. The highest BCUT2D eigenvalue weighted by molar-refractivity contribution is 5.68. The second kappa shape index (κ2) is 7.93. The van der Waals surface area contributed by atoms with Crippen LogP contribution in [0.4, 0.5) is 0 Å². The quantitative estimate of drug-likeness (QED) is 0.609. The Labute approximate surface area is 172 Å². The van der Waals surface area contributed by atoms with Crippen LogP contribution in [0.3, 0.4) is 0 Å². The first-order valence-corrected chi connectivity index (χ1v) is 12.2. The van der Waals surface area contributed by atoms with Gasteiger partial charge in [0.05, 0.1) is 12.7 Å². The van der Waals surface area contributed by atoms with E-state index in [1.807, 2.05) is 0 Å². The fraction of sp³-hybridized carbons (Fsp3) is 0.960. The molecule has 0 spiro atoms. The van der Waals surface area contributed by atoms with Gasteiger partial charge in [-0.25, -0.2) is 0 Å². The highest BCUT2D eigenvalue weighted by Crippen LogP contribution is 2.65. The predicted molar refractivity (Wildman–Crippen MR) is 112 cm³/mol. The summed E-state index contributed by atoms with van der Waals surface area (Å²) in [6.45, 7) is 4.75. The van der Waals surface area contributed by atoms with Gasteiger partial charge in [-0.05, 0) is 118 Å². The number of rotatable bonds is 5. The summed E-state index contributed by atoms with van der Waals surface area (Å²) in [6, 6.07) is 0. The highest BCUT2D eigenvalue weighted by Gasteiger charge is 2.57. The average molecular weight is 391 g/mol. The smallest absolute Gasteiger partial charge is 0.305 e. The summed E-state index contributed by atoms with van der Waals surface area (Å²) in [7, 11) is 1.50. The lowest BCUT2D eigenvalue weighted by atomic mass is 9.48. The molecule has 0 heterocycles. The van der Waals surface area contributed by atoms with Crippen molar-refractivity contribution in [3.05, 3.63) is 0 Å². The Bertz CT molecular complexity index is 574. The summed E-state index contributed by atoms with van der Waals surface area (Å²) in [5.74, 6) is 5.17. The van der Waals surface area contributed by atoms with Crippen LogP contribution in [0.1, 0.15) is 97.3 Å². The van der Waals surface area contributed by atoms with Crippen LogP contribution in [0, 0.1) is 40.9 Å². The predicted octanol–water partition coefficient (Wildman–Crippen LogP) is 5.74. The number of fused-ring (bicyclic) bond motifs is 5. The second-order valence-electron chi connectivity index (χ2n) is 11.0. The third kappa shape index (κ3) is 3.55. The average Bonchev–Trinajstić information content (AvgIpc) is 3.04. The van der Waals surface area contributed by atoms with Gasteiger partial charge >= 0.3 is 5.97 Å². The molecular weight excluding hydrogens is 348 g/mol. The third-order valence-corrected chi connectivity index (χ3v) is 10.1. The van der Waals surface area contributed by atoms with Crippen molar-refractivity contribution >= 4 is 5.97 Å². The lowest BCUT2D eigenvalue weighted by Crippen LogP contribution is -2.50. The summed E-state index contributed by atoms with van der Waals surface area (Å²) >= 11 is 0. The van der Waals surface area contributed by atoms with E-state index in [9.17, 15) is 9.90 Å². The molecule has 1 N–H and O–H groups in total. The van der Waals surface area contributed by atoms with Gasteiger partial charge in [-0.3, -0.25) is 4.79 Å². The molecule has 0 saturated heterocycles. The molecule has 0 radical (unpaired) electrons. The molecule has 0 aliphatic heterocycles. The molecule has 7 unspecified atom stereocenters. The Balaban J connectivity index is 1.40. The summed E-state index contributed by atoms with van der Waals surface area (Å²) in [4.78, 5) is 11.5. The maximum Gasteiger partial charge on any atom is 0.305 e. The molecule has 8 atom stereocenters. The molecule has 4 aliphatic carbocycles. The zero-order chi connectivity index (χ0) is 19.9. The minimum atomic E-state index is -0.366. The van der Waals surface area contributed by atoms with E-state index in [0.717, 1.165) is 61.2 Å². The largest absolute Gasteiger partial charge is 0.469 e. The van der Waals surface area contributed by atoms with Crippen molar-refractivity contribution < 1.29 is 14.6 Å². The summed E-state index contributed by atoms with van der Waals surface area (Å²) < 4.78 is 4.83. The van der Waals surface area contributed by atoms with Crippen LogP contribution in [0.2, 0.25) is 0 Å². The van der Waals surface area contributed by atoms with Gasteiger partial charge in [-0.2, -0.15) is 0 Å². The molecule has 0 aromatic heterocycles. The van der Waals surface area contributed by atoms with Crippen molar-refractivity contribution in [2.45, 2.75) is 103 Å². The number of carbonyl (C=O) groups excluding carboxylic acids is 1. The van der Waals surface area contributed by atoms with E-state index in [1.54, 1.807) is 0 Å². The zero-order valence-corrected chi connectivity index (χ0v) is 18.4. The maximum atomic E-state index is 11.5. The first-order chi connectivity index (χ1) is 13.4. The molecule has 4 rings (SSSR count). The molecule has 28 heavy (non-hydrogen) atoms. The molecule has 160 valence electrons. The molecule has 4 aliphatic rings. The SMILES string of the molecule is CC[C@]1(O)CCC2C(CCC3C2CCC2(C)C(CCCC(=O)OC)CCC32)C1. The molecule has 3 heteroatoms. The van der Waals surface area contributed by atoms with Gasteiger partial charge in [-0.1, -0.05) is 13.8 Å². The van der Waals surface area contributed by atoms with Crippen molar-refractivity contribution in [1.29, 1.82) is 0 Å². The molecule has 0 aromatic rings.